The lowest BCUT2D eigenvalue weighted by Gasteiger charge is -2.13. The molecule has 0 aliphatic rings. The van der Waals surface area contributed by atoms with Crippen molar-refractivity contribution in [2.75, 3.05) is 29.6 Å². The second-order valence-electron chi connectivity index (χ2n) is 5.94. The van der Waals surface area contributed by atoms with Gasteiger partial charge in [0.1, 0.15) is 23.7 Å². The molecule has 8 heteroatoms. The highest BCUT2D eigenvalue weighted by atomic mass is 35.5. The first-order valence-corrected chi connectivity index (χ1v) is 8.43. The fraction of sp³-hybridized carbons (Fsp3) is 0.105. The molecule has 27 heavy (non-hydrogen) atoms. The minimum absolute atomic E-state index is 0.0704. The van der Waals surface area contributed by atoms with Gasteiger partial charge in [-0.15, -0.1) is 0 Å². The van der Waals surface area contributed by atoms with Crippen molar-refractivity contribution in [3.05, 3.63) is 71.4 Å². The molecule has 0 spiro atoms. The molecule has 1 aromatic heterocycles. The van der Waals surface area contributed by atoms with Crippen LogP contribution in [0.3, 0.4) is 0 Å². The molecule has 0 unspecified atom stereocenters. The number of rotatable bonds is 5. The van der Waals surface area contributed by atoms with Crippen molar-refractivity contribution in [2.45, 2.75) is 0 Å². The van der Waals surface area contributed by atoms with Crippen molar-refractivity contribution >= 4 is 40.4 Å². The van der Waals surface area contributed by atoms with Crippen LogP contribution in [0.15, 0.2) is 54.9 Å². The smallest absolute Gasteiger partial charge is 0.274 e. The quantitative estimate of drug-likeness (QED) is 0.684. The van der Waals surface area contributed by atoms with Gasteiger partial charge in [0, 0.05) is 37.2 Å². The van der Waals surface area contributed by atoms with Crippen LogP contribution in [0.5, 0.6) is 0 Å². The molecule has 1 heterocycles. The first kappa shape index (κ1) is 18.6. The van der Waals surface area contributed by atoms with Crippen LogP contribution in [0, 0.1) is 5.82 Å². The molecule has 0 atom stereocenters. The summed E-state index contributed by atoms with van der Waals surface area (Å²) < 4.78 is 13.2. The number of benzene rings is 2. The van der Waals surface area contributed by atoms with Crippen molar-refractivity contribution in [1.82, 2.24) is 9.97 Å². The minimum atomic E-state index is -0.552. The monoisotopic (exact) mass is 385 g/mol. The Kier molecular flexibility index (Phi) is 5.52. The van der Waals surface area contributed by atoms with E-state index in [9.17, 15) is 9.18 Å². The number of nitrogens with one attached hydrogen (secondary N) is 2. The predicted molar refractivity (Wildman–Crippen MR) is 105 cm³/mol. The van der Waals surface area contributed by atoms with Gasteiger partial charge in [0.2, 0.25) is 0 Å². The van der Waals surface area contributed by atoms with Crippen LogP contribution >= 0.6 is 11.6 Å². The molecule has 0 aliphatic heterocycles. The van der Waals surface area contributed by atoms with Gasteiger partial charge in [0.25, 0.3) is 5.91 Å². The van der Waals surface area contributed by atoms with E-state index in [1.165, 1.54) is 30.6 Å². The Morgan fingerprint density at radius 2 is 1.74 bits per heavy atom. The molecule has 0 saturated heterocycles. The Balaban J connectivity index is 1.72. The van der Waals surface area contributed by atoms with Crippen molar-refractivity contribution in [2.24, 2.45) is 0 Å². The number of carbonyl (C=O) groups is 1. The van der Waals surface area contributed by atoms with Gasteiger partial charge >= 0.3 is 0 Å². The first-order chi connectivity index (χ1) is 12.9. The number of nitrogens with zero attached hydrogens (tertiary/aromatic N) is 3. The van der Waals surface area contributed by atoms with Crippen LogP contribution in [-0.2, 0) is 0 Å². The maximum absolute atomic E-state index is 13.2. The largest absolute Gasteiger partial charge is 0.378 e. The maximum atomic E-state index is 13.2. The molecule has 3 rings (SSSR count). The van der Waals surface area contributed by atoms with Crippen LogP contribution in [-0.4, -0.2) is 30.0 Å². The number of halogens is 2. The van der Waals surface area contributed by atoms with Gasteiger partial charge < -0.3 is 15.5 Å². The summed E-state index contributed by atoms with van der Waals surface area (Å²) in [6, 6.07) is 13.2. The first-order valence-electron chi connectivity index (χ1n) is 8.05. The summed E-state index contributed by atoms with van der Waals surface area (Å²) in [5.41, 5.74) is 2.44. The fourth-order valence-electron chi connectivity index (χ4n) is 2.31. The van der Waals surface area contributed by atoms with E-state index >= 15 is 0 Å². The number of anilines is 4. The van der Waals surface area contributed by atoms with E-state index in [0.29, 0.717) is 11.5 Å². The molecular weight excluding hydrogens is 369 g/mol. The van der Waals surface area contributed by atoms with E-state index < -0.39 is 11.7 Å². The third-order valence-electron chi connectivity index (χ3n) is 3.73. The average Bonchev–Trinajstić information content (AvgIpc) is 2.65. The molecule has 1 amide bonds. The lowest BCUT2D eigenvalue weighted by Crippen LogP contribution is -2.14. The molecule has 138 valence electrons. The Morgan fingerprint density at radius 3 is 2.41 bits per heavy atom. The van der Waals surface area contributed by atoms with Crippen molar-refractivity contribution in [3.8, 4) is 0 Å². The number of hydrogen-bond donors (Lipinski definition) is 2. The zero-order chi connectivity index (χ0) is 19.4. The van der Waals surface area contributed by atoms with E-state index in [0.717, 1.165) is 11.4 Å². The van der Waals surface area contributed by atoms with Gasteiger partial charge in [0.05, 0.1) is 5.02 Å². The number of hydrogen-bond acceptors (Lipinski definition) is 5. The number of amides is 1. The molecule has 3 aromatic rings. The average molecular weight is 386 g/mol. The second kappa shape index (κ2) is 8.01. The molecular formula is C19H17ClFN5O. The molecule has 2 N–H and O–H groups in total. The number of carbonyl (C=O) groups excluding carboxylic acids is 1. The normalized spacial score (nSPS) is 10.4. The summed E-state index contributed by atoms with van der Waals surface area (Å²) in [5, 5.41) is 5.68. The zero-order valence-corrected chi connectivity index (χ0v) is 15.5. The summed E-state index contributed by atoms with van der Waals surface area (Å²) in [4.78, 5) is 22.5. The number of aromatic nitrogens is 2. The standard InChI is InChI=1S/C19H17ClFN5O/c1-26(2)14-6-3-12(4-7-14)24-18-10-17(22-11-23-18)19(27)25-13-5-8-16(21)15(20)9-13/h3-11H,1-2H3,(H,25,27)(H,22,23,24). The van der Waals surface area contributed by atoms with Crippen LogP contribution < -0.4 is 15.5 Å². The lowest BCUT2D eigenvalue weighted by atomic mass is 10.2. The Hall–Kier alpha value is -3.19. The van der Waals surface area contributed by atoms with Gasteiger partial charge in [-0.2, -0.15) is 0 Å². The SMILES string of the molecule is CN(C)c1ccc(Nc2cc(C(=O)Nc3ccc(F)c(Cl)c3)ncn2)cc1. The lowest BCUT2D eigenvalue weighted by molar-refractivity contribution is 0.102. The molecule has 0 bridgehead atoms. The van der Waals surface area contributed by atoms with Crippen molar-refractivity contribution in [3.63, 3.8) is 0 Å². The predicted octanol–water partition coefficient (Wildman–Crippen LogP) is 4.33. The summed E-state index contributed by atoms with van der Waals surface area (Å²) in [5.74, 6) is -0.528. The van der Waals surface area contributed by atoms with E-state index in [1.807, 2.05) is 43.3 Å². The van der Waals surface area contributed by atoms with Gasteiger partial charge in [-0.1, -0.05) is 11.6 Å². The summed E-state index contributed by atoms with van der Waals surface area (Å²) in [7, 11) is 3.93. The molecule has 2 aromatic carbocycles. The molecule has 0 fully saturated rings. The summed E-state index contributed by atoms with van der Waals surface area (Å²) in [6.45, 7) is 0. The van der Waals surface area contributed by atoms with Crippen LogP contribution in [0.1, 0.15) is 10.5 Å². The highest BCUT2D eigenvalue weighted by Crippen LogP contribution is 2.21. The third-order valence-corrected chi connectivity index (χ3v) is 4.02. The van der Waals surface area contributed by atoms with E-state index in [4.69, 9.17) is 11.6 Å². The van der Waals surface area contributed by atoms with Gasteiger partial charge in [-0.25, -0.2) is 14.4 Å². The van der Waals surface area contributed by atoms with Crippen LogP contribution in [0.25, 0.3) is 0 Å². The summed E-state index contributed by atoms with van der Waals surface area (Å²) >= 11 is 5.72. The van der Waals surface area contributed by atoms with E-state index in [1.54, 1.807) is 0 Å². The summed E-state index contributed by atoms with van der Waals surface area (Å²) in [6.07, 6.45) is 1.29. The van der Waals surface area contributed by atoms with Crippen molar-refractivity contribution < 1.29 is 9.18 Å². The van der Waals surface area contributed by atoms with Gasteiger partial charge in [-0.3, -0.25) is 4.79 Å². The van der Waals surface area contributed by atoms with Crippen LogP contribution in [0.4, 0.5) is 27.3 Å². The third kappa shape index (κ3) is 4.71. The molecule has 0 radical (unpaired) electrons. The highest BCUT2D eigenvalue weighted by molar-refractivity contribution is 6.31. The van der Waals surface area contributed by atoms with Crippen molar-refractivity contribution in [1.29, 1.82) is 0 Å². The second-order valence-corrected chi connectivity index (χ2v) is 6.35. The molecule has 0 aliphatic carbocycles. The van der Waals surface area contributed by atoms with Gasteiger partial charge in [0.15, 0.2) is 0 Å². The van der Waals surface area contributed by atoms with Crippen LogP contribution in [0.2, 0.25) is 5.02 Å². The maximum Gasteiger partial charge on any atom is 0.274 e. The Morgan fingerprint density at radius 1 is 1.04 bits per heavy atom. The Bertz CT molecular complexity index is 963. The Labute approximate surface area is 161 Å². The van der Waals surface area contributed by atoms with Gasteiger partial charge in [-0.05, 0) is 42.5 Å². The van der Waals surface area contributed by atoms with E-state index in [-0.39, 0.29) is 10.7 Å². The molecule has 0 saturated carbocycles. The molecule has 6 nitrogen and oxygen atoms in total. The topological polar surface area (TPSA) is 70.2 Å². The zero-order valence-electron chi connectivity index (χ0n) is 14.7. The minimum Gasteiger partial charge on any atom is -0.378 e. The highest BCUT2D eigenvalue weighted by Gasteiger charge is 2.11. The van der Waals surface area contributed by atoms with E-state index in [2.05, 4.69) is 20.6 Å². The fourth-order valence-corrected chi connectivity index (χ4v) is 2.49.